The molecule has 9 heteroatoms. The predicted molar refractivity (Wildman–Crippen MR) is 117 cm³/mol. The molecule has 31 heavy (non-hydrogen) atoms. The van der Waals surface area contributed by atoms with Gasteiger partial charge in [0.25, 0.3) is 0 Å². The molecule has 0 aliphatic rings. The zero-order valence-corrected chi connectivity index (χ0v) is 18.6. The summed E-state index contributed by atoms with van der Waals surface area (Å²) in [5.74, 6) is -2.88. The Morgan fingerprint density at radius 2 is 1.58 bits per heavy atom. The standard InChI is InChI=1S/C22H34N4O5/c1-13(2)10-16(23)20(28)25-17(11-15-8-6-5-7-9-15)21(29)24-12-18(27)26-19(14(3)4)22(30)31/h5-9,13-14,16-17,19H,10-12,23H2,1-4H3,(H,24,29)(H,25,28)(H,26,27)(H,30,31). The van der Waals surface area contributed by atoms with Gasteiger partial charge in [0.1, 0.15) is 12.1 Å². The molecule has 0 fully saturated rings. The van der Waals surface area contributed by atoms with E-state index >= 15 is 0 Å². The molecule has 0 spiro atoms. The van der Waals surface area contributed by atoms with Crippen LogP contribution in [0.15, 0.2) is 30.3 Å². The highest BCUT2D eigenvalue weighted by Gasteiger charge is 2.26. The van der Waals surface area contributed by atoms with Gasteiger partial charge in [-0.15, -0.1) is 0 Å². The van der Waals surface area contributed by atoms with Crippen LogP contribution < -0.4 is 21.7 Å². The Morgan fingerprint density at radius 1 is 0.968 bits per heavy atom. The quantitative estimate of drug-likeness (QED) is 0.322. The first-order valence-electron chi connectivity index (χ1n) is 10.4. The van der Waals surface area contributed by atoms with E-state index in [1.54, 1.807) is 13.8 Å². The van der Waals surface area contributed by atoms with Crippen molar-refractivity contribution in [3.8, 4) is 0 Å². The molecule has 3 atom stereocenters. The lowest BCUT2D eigenvalue weighted by molar-refractivity contribution is -0.143. The van der Waals surface area contributed by atoms with E-state index in [0.717, 1.165) is 5.56 Å². The lowest BCUT2D eigenvalue weighted by atomic mass is 10.0. The molecular formula is C22H34N4O5. The molecule has 6 N–H and O–H groups in total. The summed E-state index contributed by atoms with van der Waals surface area (Å²) < 4.78 is 0. The summed E-state index contributed by atoms with van der Waals surface area (Å²) in [7, 11) is 0. The number of carboxylic acid groups (broad SMARTS) is 1. The van der Waals surface area contributed by atoms with Crippen molar-refractivity contribution in [2.24, 2.45) is 17.6 Å². The third-order valence-corrected chi connectivity index (χ3v) is 4.65. The topological polar surface area (TPSA) is 151 Å². The summed E-state index contributed by atoms with van der Waals surface area (Å²) in [4.78, 5) is 48.5. The molecule has 0 saturated carbocycles. The van der Waals surface area contributed by atoms with Gasteiger partial charge in [-0.05, 0) is 23.8 Å². The number of aliphatic carboxylic acids is 1. The van der Waals surface area contributed by atoms with Gasteiger partial charge in [0.05, 0.1) is 12.6 Å². The van der Waals surface area contributed by atoms with Gasteiger partial charge in [-0.1, -0.05) is 58.0 Å². The van der Waals surface area contributed by atoms with Crippen molar-refractivity contribution in [1.29, 1.82) is 0 Å². The molecule has 0 aliphatic carbocycles. The van der Waals surface area contributed by atoms with Crippen LogP contribution in [0.3, 0.4) is 0 Å². The first kappa shape index (κ1) is 26.1. The van der Waals surface area contributed by atoms with E-state index < -0.39 is 48.4 Å². The molecule has 1 aromatic carbocycles. The lowest BCUT2D eigenvalue weighted by Crippen LogP contribution is -2.54. The monoisotopic (exact) mass is 434 g/mol. The number of carboxylic acids is 1. The highest BCUT2D eigenvalue weighted by atomic mass is 16.4. The maximum atomic E-state index is 12.7. The van der Waals surface area contributed by atoms with Gasteiger partial charge in [0.2, 0.25) is 17.7 Å². The van der Waals surface area contributed by atoms with Crippen LogP contribution in [-0.2, 0) is 25.6 Å². The summed E-state index contributed by atoms with van der Waals surface area (Å²) in [6.45, 7) is 6.82. The van der Waals surface area contributed by atoms with Gasteiger partial charge >= 0.3 is 5.97 Å². The van der Waals surface area contributed by atoms with Crippen LogP contribution in [0.25, 0.3) is 0 Å². The minimum absolute atomic E-state index is 0.217. The Hall–Kier alpha value is -2.94. The van der Waals surface area contributed by atoms with Gasteiger partial charge < -0.3 is 26.8 Å². The van der Waals surface area contributed by atoms with E-state index in [4.69, 9.17) is 5.73 Å². The number of hydrogen-bond acceptors (Lipinski definition) is 5. The highest BCUT2D eigenvalue weighted by Crippen LogP contribution is 2.07. The zero-order chi connectivity index (χ0) is 23.6. The molecule has 0 saturated heterocycles. The molecule has 0 heterocycles. The SMILES string of the molecule is CC(C)CC(N)C(=O)NC(Cc1ccccc1)C(=O)NCC(=O)NC(C(=O)O)C(C)C. The largest absolute Gasteiger partial charge is 0.480 e. The van der Waals surface area contributed by atoms with Gasteiger partial charge in [0, 0.05) is 6.42 Å². The Kier molecular flexibility index (Phi) is 10.7. The van der Waals surface area contributed by atoms with E-state index in [-0.39, 0.29) is 18.3 Å². The summed E-state index contributed by atoms with van der Waals surface area (Å²) in [5, 5.41) is 16.7. The Bertz CT molecular complexity index is 752. The second kappa shape index (κ2) is 12.7. The second-order valence-corrected chi connectivity index (χ2v) is 8.33. The van der Waals surface area contributed by atoms with Crippen molar-refractivity contribution in [3.63, 3.8) is 0 Å². The predicted octanol–water partition coefficient (Wildman–Crippen LogP) is 0.429. The van der Waals surface area contributed by atoms with Crippen LogP contribution in [0.4, 0.5) is 0 Å². The van der Waals surface area contributed by atoms with Crippen LogP contribution in [0.2, 0.25) is 0 Å². The third kappa shape index (κ3) is 9.61. The Labute approximate surface area is 183 Å². The van der Waals surface area contributed by atoms with Crippen molar-refractivity contribution in [3.05, 3.63) is 35.9 Å². The average molecular weight is 435 g/mol. The number of nitrogens with two attached hydrogens (primary N) is 1. The van der Waals surface area contributed by atoms with E-state index in [0.29, 0.717) is 6.42 Å². The normalized spacial score (nSPS) is 13.9. The fourth-order valence-corrected chi connectivity index (χ4v) is 2.98. The van der Waals surface area contributed by atoms with Crippen molar-refractivity contribution in [2.45, 2.75) is 58.7 Å². The number of rotatable bonds is 12. The van der Waals surface area contributed by atoms with Crippen molar-refractivity contribution < 1.29 is 24.3 Å². The van der Waals surface area contributed by atoms with Crippen LogP contribution in [0.1, 0.15) is 39.7 Å². The zero-order valence-electron chi connectivity index (χ0n) is 18.6. The number of hydrogen-bond donors (Lipinski definition) is 5. The molecule has 0 aromatic heterocycles. The number of amides is 3. The Morgan fingerprint density at radius 3 is 2.10 bits per heavy atom. The van der Waals surface area contributed by atoms with E-state index in [1.165, 1.54) is 0 Å². The fourth-order valence-electron chi connectivity index (χ4n) is 2.98. The molecule has 3 amide bonds. The molecule has 0 radical (unpaired) electrons. The van der Waals surface area contributed by atoms with Crippen molar-refractivity contribution in [1.82, 2.24) is 16.0 Å². The minimum Gasteiger partial charge on any atom is -0.480 e. The first-order valence-corrected chi connectivity index (χ1v) is 10.4. The van der Waals surface area contributed by atoms with E-state index in [1.807, 2.05) is 44.2 Å². The van der Waals surface area contributed by atoms with Gasteiger partial charge in [-0.2, -0.15) is 0 Å². The fraction of sp³-hybridized carbons (Fsp3) is 0.545. The molecule has 3 unspecified atom stereocenters. The van der Waals surface area contributed by atoms with Gasteiger partial charge in [-0.25, -0.2) is 4.79 Å². The number of carbonyl (C=O) groups is 4. The van der Waals surface area contributed by atoms with Crippen LogP contribution in [-0.4, -0.2) is 53.5 Å². The third-order valence-electron chi connectivity index (χ3n) is 4.65. The Balaban J connectivity index is 2.79. The second-order valence-electron chi connectivity index (χ2n) is 8.33. The van der Waals surface area contributed by atoms with E-state index in [9.17, 15) is 24.3 Å². The summed E-state index contributed by atoms with van der Waals surface area (Å²) in [5.41, 5.74) is 6.76. The first-order chi connectivity index (χ1) is 14.5. The molecule has 9 nitrogen and oxygen atoms in total. The van der Waals surface area contributed by atoms with Gasteiger partial charge in [-0.3, -0.25) is 14.4 Å². The van der Waals surface area contributed by atoms with Crippen molar-refractivity contribution in [2.75, 3.05) is 6.54 Å². The van der Waals surface area contributed by atoms with Crippen molar-refractivity contribution >= 4 is 23.7 Å². The van der Waals surface area contributed by atoms with E-state index in [2.05, 4.69) is 16.0 Å². The molecule has 172 valence electrons. The van der Waals surface area contributed by atoms with Crippen LogP contribution in [0, 0.1) is 11.8 Å². The van der Waals surface area contributed by atoms with Crippen LogP contribution in [0.5, 0.6) is 0 Å². The summed E-state index contributed by atoms with van der Waals surface area (Å²) >= 11 is 0. The molecule has 0 aliphatic heterocycles. The average Bonchev–Trinajstić information content (AvgIpc) is 2.69. The molecular weight excluding hydrogens is 400 g/mol. The van der Waals surface area contributed by atoms with Crippen LogP contribution >= 0.6 is 0 Å². The highest BCUT2D eigenvalue weighted by molar-refractivity contribution is 5.92. The smallest absolute Gasteiger partial charge is 0.326 e. The number of nitrogens with one attached hydrogen (secondary N) is 3. The summed E-state index contributed by atoms with van der Waals surface area (Å²) in [6, 6.07) is 6.40. The lowest BCUT2D eigenvalue weighted by Gasteiger charge is -2.22. The maximum absolute atomic E-state index is 12.7. The number of benzene rings is 1. The molecule has 0 bridgehead atoms. The molecule has 1 rings (SSSR count). The summed E-state index contributed by atoms with van der Waals surface area (Å²) in [6.07, 6.45) is 0.692. The van der Waals surface area contributed by atoms with Gasteiger partial charge in [0.15, 0.2) is 0 Å². The maximum Gasteiger partial charge on any atom is 0.326 e. The molecule has 1 aromatic rings. The number of carbonyl (C=O) groups excluding carboxylic acids is 3. The minimum atomic E-state index is -1.15.